The summed E-state index contributed by atoms with van der Waals surface area (Å²) >= 11 is 5.42. The molecule has 0 N–H and O–H groups in total. The van der Waals surface area contributed by atoms with Gasteiger partial charge in [0.25, 0.3) is 0 Å². The van der Waals surface area contributed by atoms with Crippen LogP contribution in [0.3, 0.4) is 0 Å². The molecule has 0 amide bonds. The summed E-state index contributed by atoms with van der Waals surface area (Å²) < 4.78 is 16.5. The second-order valence-electron chi connectivity index (χ2n) is 6.68. The van der Waals surface area contributed by atoms with Crippen molar-refractivity contribution in [3.8, 4) is 0 Å². The zero-order chi connectivity index (χ0) is 14.5. The predicted molar refractivity (Wildman–Crippen MR) is 70.3 cm³/mol. The summed E-state index contributed by atoms with van der Waals surface area (Å²) in [6.45, 7) is 4.12. The number of carbonyl (C=O) groups is 2. The van der Waals surface area contributed by atoms with Crippen LogP contribution in [0.15, 0.2) is 0 Å². The Balaban J connectivity index is 1.73. The van der Waals surface area contributed by atoms with Crippen molar-refractivity contribution in [2.24, 2.45) is 11.3 Å². The summed E-state index contributed by atoms with van der Waals surface area (Å²) in [5.74, 6) is -0.689. The van der Waals surface area contributed by atoms with E-state index in [9.17, 15) is 9.59 Å². The molecule has 112 valence electrons. The SMILES string of the molecule is CC1(C)CC2(CC3CC(COC(=O)CCl)C2O3)C(=O)O1. The van der Waals surface area contributed by atoms with Gasteiger partial charge >= 0.3 is 11.9 Å². The van der Waals surface area contributed by atoms with Gasteiger partial charge in [0.2, 0.25) is 0 Å². The van der Waals surface area contributed by atoms with Crippen LogP contribution in [0.2, 0.25) is 0 Å². The highest BCUT2D eigenvalue weighted by Gasteiger charge is 2.67. The number of cyclic esters (lactones) is 1. The van der Waals surface area contributed by atoms with Crippen LogP contribution < -0.4 is 0 Å². The Bertz CT molecular complexity index is 449. The summed E-state index contributed by atoms with van der Waals surface area (Å²) in [5.41, 5.74) is -0.993. The van der Waals surface area contributed by atoms with Crippen molar-refractivity contribution in [1.82, 2.24) is 0 Å². The van der Waals surface area contributed by atoms with Crippen LogP contribution in [0.5, 0.6) is 0 Å². The lowest BCUT2D eigenvalue weighted by molar-refractivity contribution is -0.155. The van der Waals surface area contributed by atoms with Crippen molar-refractivity contribution in [2.75, 3.05) is 12.5 Å². The van der Waals surface area contributed by atoms with E-state index >= 15 is 0 Å². The number of halogens is 1. The van der Waals surface area contributed by atoms with E-state index in [0.717, 1.165) is 12.8 Å². The quantitative estimate of drug-likeness (QED) is 0.586. The zero-order valence-corrected chi connectivity index (χ0v) is 12.4. The molecule has 3 heterocycles. The molecule has 0 aromatic rings. The number of carbonyl (C=O) groups excluding carboxylic acids is 2. The van der Waals surface area contributed by atoms with Gasteiger partial charge in [0, 0.05) is 12.3 Å². The molecule has 3 fully saturated rings. The highest BCUT2D eigenvalue weighted by Crippen LogP contribution is 2.58. The average Bonchev–Trinajstić information content (AvgIpc) is 2.98. The number of fused-ring (bicyclic) bond motifs is 3. The van der Waals surface area contributed by atoms with Gasteiger partial charge in [0.15, 0.2) is 0 Å². The van der Waals surface area contributed by atoms with Gasteiger partial charge in [-0.25, -0.2) is 0 Å². The van der Waals surface area contributed by atoms with E-state index in [0.29, 0.717) is 6.42 Å². The van der Waals surface area contributed by atoms with Crippen LogP contribution in [0, 0.1) is 11.3 Å². The Morgan fingerprint density at radius 3 is 2.80 bits per heavy atom. The average molecular weight is 303 g/mol. The number of hydrogen-bond acceptors (Lipinski definition) is 5. The lowest BCUT2D eigenvalue weighted by atomic mass is 9.67. The molecule has 0 saturated carbocycles. The summed E-state index contributed by atoms with van der Waals surface area (Å²) in [7, 11) is 0. The first-order valence-corrected chi connectivity index (χ1v) is 7.50. The van der Waals surface area contributed by atoms with E-state index in [1.165, 1.54) is 0 Å². The van der Waals surface area contributed by atoms with Gasteiger partial charge in [-0.1, -0.05) is 0 Å². The number of alkyl halides is 1. The van der Waals surface area contributed by atoms with Crippen molar-refractivity contribution in [2.45, 2.75) is 50.9 Å². The predicted octanol–water partition coefficient (Wildman–Crippen LogP) is 1.66. The summed E-state index contributed by atoms with van der Waals surface area (Å²) in [6, 6.07) is 0. The molecule has 4 atom stereocenters. The molecule has 0 aromatic carbocycles. The fourth-order valence-electron chi connectivity index (χ4n) is 4.06. The molecular formula is C14H19ClO5. The fourth-order valence-corrected chi connectivity index (χ4v) is 4.13. The normalized spacial score (nSPS) is 41.1. The highest BCUT2D eigenvalue weighted by atomic mass is 35.5. The molecule has 3 aliphatic heterocycles. The van der Waals surface area contributed by atoms with E-state index in [-0.39, 0.29) is 36.6 Å². The number of ether oxygens (including phenoxy) is 3. The first-order valence-electron chi connectivity index (χ1n) is 6.97. The minimum atomic E-state index is -0.551. The maximum absolute atomic E-state index is 12.3. The summed E-state index contributed by atoms with van der Waals surface area (Å²) in [4.78, 5) is 23.5. The van der Waals surface area contributed by atoms with Crippen molar-refractivity contribution in [3.63, 3.8) is 0 Å². The smallest absolute Gasteiger partial charge is 0.320 e. The third kappa shape index (κ3) is 2.11. The first kappa shape index (κ1) is 14.1. The third-order valence-electron chi connectivity index (χ3n) is 4.55. The molecule has 0 aliphatic carbocycles. The lowest BCUT2D eigenvalue weighted by Crippen LogP contribution is -2.43. The van der Waals surface area contributed by atoms with Gasteiger partial charge in [-0.15, -0.1) is 11.6 Å². The van der Waals surface area contributed by atoms with Crippen molar-refractivity contribution in [3.05, 3.63) is 0 Å². The van der Waals surface area contributed by atoms with Crippen LogP contribution >= 0.6 is 11.6 Å². The Morgan fingerprint density at radius 2 is 2.25 bits per heavy atom. The minimum Gasteiger partial charge on any atom is -0.464 e. The van der Waals surface area contributed by atoms with E-state index in [1.807, 2.05) is 13.8 Å². The molecular weight excluding hydrogens is 284 g/mol. The number of rotatable bonds is 3. The van der Waals surface area contributed by atoms with E-state index in [2.05, 4.69) is 0 Å². The Hall–Kier alpha value is -0.810. The maximum atomic E-state index is 12.3. The summed E-state index contributed by atoms with van der Waals surface area (Å²) in [5, 5.41) is 0. The Morgan fingerprint density at radius 1 is 1.50 bits per heavy atom. The molecule has 5 nitrogen and oxygen atoms in total. The summed E-state index contributed by atoms with van der Waals surface area (Å²) in [6.07, 6.45) is 2.08. The third-order valence-corrected chi connectivity index (χ3v) is 4.77. The second kappa shape index (κ2) is 4.60. The van der Waals surface area contributed by atoms with Crippen molar-refractivity contribution in [1.29, 1.82) is 0 Å². The Labute approximate surface area is 122 Å². The molecule has 0 radical (unpaired) electrons. The monoisotopic (exact) mass is 302 g/mol. The Kier molecular flexibility index (Phi) is 3.25. The van der Waals surface area contributed by atoms with Gasteiger partial charge < -0.3 is 14.2 Å². The zero-order valence-electron chi connectivity index (χ0n) is 11.7. The molecule has 3 saturated heterocycles. The van der Waals surface area contributed by atoms with Crippen LogP contribution in [0.4, 0.5) is 0 Å². The molecule has 4 unspecified atom stereocenters. The molecule has 3 rings (SSSR count). The van der Waals surface area contributed by atoms with Gasteiger partial charge in [-0.3, -0.25) is 9.59 Å². The van der Waals surface area contributed by atoms with Crippen molar-refractivity contribution >= 4 is 23.5 Å². The van der Waals surface area contributed by atoms with Crippen LogP contribution in [0.25, 0.3) is 0 Å². The fraction of sp³-hybridized carbons (Fsp3) is 0.857. The molecule has 6 heteroatoms. The molecule has 2 bridgehead atoms. The van der Waals surface area contributed by atoms with Crippen LogP contribution in [0.1, 0.15) is 33.1 Å². The molecule has 1 spiro atoms. The number of esters is 2. The number of hydrogen-bond donors (Lipinski definition) is 0. The van der Waals surface area contributed by atoms with Crippen LogP contribution in [-0.2, 0) is 23.8 Å². The van der Waals surface area contributed by atoms with Gasteiger partial charge in [-0.2, -0.15) is 0 Å². The molecule has 0 aromatic heterocycles. The lowest BCUT2D eigenvalue weighted by Gasteiger charge is -2.32. The second-order valence-corrected chi connectivity index (χ2v) is 6.94. The van der Waals surface area contributed by atoms with E-state index < -0.39 is 17.0 Å². The highest BCUT2D eigenvalue weighted by molar-refractivity contribution is 6.26. The van der Waals surface area contributed by atoms with Crippen molar-refractivity contribution < 1.29 is 23.8 Å². The first-order chi connectivity index (χ1) is 9.36. The maximum Gasteiger partial charge on any atom is 0.320 e. The van der Waals surface area contributed by atoms with E-state index in [4.69, 9.17) is 25.8 Å². The molecule has 3 aliphatic rings. The van der Waals surface area contributed by atoms with Gasteiger partial charge in [-0.05, 0) is 26.7 Å². The van der Waals surface area contributed by atoms with E-state index in [1.54, 1.807) is 0 Å². The minimum absolute atomic E-state index is 0.0577. The van der Waals surface area contributed by atoms with Crippen LogP contribution in [-0.4, -0.2) is 42.2 Å². The van der Waals surface area contributed by atoms with Gasteiger partial charge in [0.05, 0.1) is 18.8 Å². The topological polar surface area (TPSA) is 61.8 Å². The largest absolute Gasteiger partial charge is 0.464 e. The van der Waals surface area contributed by atoms with Gasteiger partial charge in [0.1, 0.15) is 16.9 Å². The molecule has 20 heavy (non-hydrogen) atoms. The standard InChI is InChI=1S/C14H19ClO5/c1-13(2)7-14(12(17)20-13)4-9-3-8(11(14)19-9)6-18-10(16)5-15/h8-9,11H,3-7H2,1-2H3.